The summed E-state index contributed by atoms with van der Waals surface area (Å²) in [6.07, 6.45) is -4.45. The van der Waals surface area contributed by atoms with Gasteiger partial charge in [-0.05, 0) is 13.8 Å². The van der Waals surface area contributed by atoms with Crippen LogP contribution in [0.1, 0.15) is 20.3 Å². The van der Waals surface area contributed by atoms with E-state index in [1.54, 1.807) is 20.9 Å². The van der Waals surface area contributed by atoms with Gasteiger partial charge in [0, 0.05) is 12.9 Å². The van der Waals surface area contributed by atoms with Gasteiger partial charge >= 0.3 is 6.18 Å². The molecule has 0 unspecified atom stereocenters. The lowest BCUT2D eigenvalue weighted by Gasteiger charge is -2.34. The number of ether oxygens (including phenoxy) is 1. The highest BCUT2D eigenvalue weighted by Gasteiger charge is 2.28. The molecule has 0 atom stereocenters. The van der Waals surface area contributed by atoms with Crippen LogP contribution in [0.25, 0.3) is 0 Å². The minimum absolute atomic E-state index is 0.0904. The zero-order chi connectivity index (χ0) is 13.7. The van der Waals surface area contributed by atoms with E-state index in [4.69, 9.17) is 11.6 Å². The van der Waals surface area contributed by atoms with Gasteiger partial charge in [-0.25, -0.2) is 0 Å². The largest absolute Gasteiger partial charge is 0.411 e. The molecule has 0 aliphatic heterocycles. The smallest absolute Gasteiger partial charge is 0.372 e. The number of carbonyl (C=O) groups is 1. The minimum atomic E-state index is -4.36. The summed E-state index contributed by atoms with van der Waals surface area (Å²) >= 11 is 5.68. The summed E-state index contributed by atoms with van der Waals surface area (Å²) in [5, 5.41) is 0. The van der Waals surface area contributed by atoms with Gasteiger partial charge in [0.15, 0.2) is 0 Å². The third-order valence-electron chi connectivity index (χ3n) is 2.34. The first-order chi connectivity index (χ1) is 7.60. The van der Waals surface area contributed by atoms with Gasteiger partial charge in [-0.15, -0.1) is 11.6 Å². The van der Waals surface area contributed by atoms with Crippen LogP contribution in [0.3, 0.4) is 0 Å². The van der Waals surface area contributed by atoms with E-state index in [9.17, 15) is 18.0 Å². The summed E-state index contributed by atoms with van der Waals surface area (Å²) in [6.45, 7) is 1.97. The predicted octanol–water partition coefficient (Wildman–Crippen LogP) is 2.43. The summed E-state index contributed by atoms with van der Waals surface area (Å²) in [5.74, 6) is -0.0450. The van der Waals surface area contributed by atoms with Gasteiger partial charge in [0.25, 0.3) is 0 Å². The van der Waals surface area contributed by atoms with Crippen LogP contribution in [-0.2, 0) is 9.53 Å². The van der Waals surface area contributed by atoms with E-state index >= 15 is 0 Å². The van der Waals surface area contributed by atoms with E-state index in [2.05, 4.69) is 4.74 Å². The maximum Gasteiger partial charge on any atom is 0.411 e. The minimum Gasteiger partial charge on any atom is -0.372 e. The second kappa shape index (κ2) is 6.44. The summed E-state index contributed by atoms with van der Waals surface area (Å²) in [7, 11) is 1.56. The maximum atomic E-state index is 11.7. The van der Waals surface area contributed by atoms with Crippen molar-refractivity contribution in [3.05, 3.63) is 0 Å². The number of hydrogen-bond acceptors (Lipinski definition) is 2. The molecule has 0 heterocycles. The lowest BCUT2D eigenvalue weighted by molar-refractivity contribution is -0.175. The number of carbonyl (C=O) groups excluding carboxylic acids is 1. The molecule has 102 valence electrons. The van der Waals surface area contributed by atoms with E-state index in [0.29, 0.717) is 0 Å². The standard InChI is InChI=1S/C10H17ClF3NO2/c1-9(2,6-11)15(3)8(16)4-5-17-7-10(12,13)14/h4-7H2,1-3H3. The van der Waals surface area contributed by atoms with Gasteiger partial charge in [0.05, 0.1) is 18.6 Å². The van der Waals surface area contributed by atoms with Crippen LogP contribution < -0.4 is 0 Å². The van der Waals surface area contributed by atoms with E-state index in [-0.39, 0.29) is 24.8 Å². The Labute approximate surface area is 104 Å². The molecule has 0 N–H and O–H groups in total. The molecule has 17 heavy (non-hydrogen) atoms. The molecule has 0 radical (unpaired) electrons. The molecule has 1 amide bonds. The third kappa shape index (κ3) is 6.73. The van der Waals surface area contributed by atoms with E-state index in [1.807, 2.05) is 0 Å². The second-order valence-corrected chi connectivity index (χ2v) is 4.58. The lowest BCUT2D eigenvalue weighted by atomic mass is 10.1. The Kier molecular flexibility index (Phi) is 6.26. The Balaban J connectivity index is 3.95. The molecule has 0 aromatic rings. The fraction of sp³-hybridized carbons (Fsp3) is 0.900. The van der Waals surface area contributed by atoms with Crippen LogP contribution >= 0.6 is 11.6 Å². The average Bonchev–Trinajstić information content (AvgIpc) is 2.21. The number of nitrogens with zero attached hydrogens (tertiary/aromatic N) is 1. The zero-order valence-electron chi connectivity index (χ0n) is 10.1. The molecular weight excluding hydrogens is 259 g/mol. The quantitative estimate of drug-likeness (QED) is 0.550. The van der Waals surface area contributed by atoms with Gasteiger partial charge in [-0.1, -0.05) is 0 Å². The molecular formula is C10H17ClF3NO2. The van der Waals surface area contributed by atoms with Gasteiger partial charge in [0.2, 0.25) is 5.91 Å². The first-order valence-corrected chi connectivity index (χ1v) is 5.61. The van der Waals surface area contributed by atoms with Gasteiger partial charge in [0.1, 0.15) is 6.61 Å². The number of alkyl halides is 4. The fourth-order valence-electron chi connectivity index (χ4n) is 0.942. The lowest BCUT2D eigenvalue weighted by Crippen LogP contribution is -2.46. The Hall–Kier alpha value is -0.490. The molecule has 0 aromatic carbocycles. The molecule has 0 aliphatic carbocycles. The van der Waals surface area contributed by atoms with Crippen molar-refractivity contribution in [2.45, 2.75) is 32.0 Å². The SMILES string of the molecule is CN(C(=O)CCOCC(F)(F)F)C(C)(C)CCl. The molecule has 0 bridgehead atoms. The van der Waals surface area contributed by atoms with Crippen molar-refractivity contribution in [2.24, 2.45) is 0 Å². The van der Waals surface area contributed by atoms with Crippen molar-refractivity contribution in [3.63, 3.8) is 0 Å². The molecule has 0 aromatic heterocycles. The molecule has 7 heteroatoms. The first-order valence-electron chi connectivity index (χ1n) is 5.07. The first kappa shape index (κ1) is 16.5. The van der Waals surface area contributed by atoms with Crippen LogP contribution in [0.4, 0.5) is 13.2 Å². The number of rotatable bonds is 6. The Bertz CT molecular complexity index is 256. The highest BCUT2D eigenvalue weighted by atomic mass is 35.5. The topological polar surface area (TPSA) is 29.5 Å². The van der Waals surface area contributed by atoms with Crippen molar-refractivity contribution in [2.75, 3.05) is 26.1 Å². The van der Waals surface area contributed by atoms with Gasteiger partial charge in [-0.3, -0.25) is 4.79 Å². The maximum absolute atomic E-state index is 11.7. The average molecular weight is 276 g/mol. The monoisotopic (exact) mass is 275 g/mol. The Morgan fingerprint density at radius 1 is 1.35 bits per heavy atom. The highest BCUT2D eigenvalue weighted by molar-refractivity contribution is 6.18. The third-order valence-corrected chi connectivity index (χ3v) is 2.99. The molecule has 0 aliphatic rings. The van der Waals surface area contributed by atoms with Crippen molar-refractivity contribution >= 4 is 17.5 Å². The number of hydrogen-bond donors (Lipinski definition) is 0. The fourth-order valence-corrected chi connectivity index (χ4v) is 1.12. The van der Waals surface area contributed by atoms with Gasteiger partial charge < -0.3 is 9.64 Å². The second-order valence-electron chi connectivity index (χ2n) is 4.32. The summed E-state index contributed by atoms with van der Waals surface area (Å²) in [6, 6.07) is 0. The zero-order valence-corrected chi connectivity index (χ0v) is 10.9. The van der Waals surface area contributed by atoms with E-state index in [0.717, 1.165) is 0 Å². The Morgan fingerprint density at radius 2 is 1.88 bits per heavy atom. The molecule has 0 saturated heterocycles. The van der Waals surface area contributed by atoms with E-state index < -0.39 is 18.3 Å². The van der Waals surface area contributed by atoms with Crippen LogP contribution in [0.2, 0.25) is 0 Å². The van der Waals surface area contributed by atoms with Crippen molar-refractivity contribution in [3.8, 4) is 0 Å². The van der Waals surface area contributed by atoms with Crippen molar-refractivity contribution < 1.29 is 22.7 Å². The highest BCUT2D eigenvalue weighted by Crippen LogP contribution is 2.16. The summed E-state index contributed by atoms with van der Waals surface area (Å²) < 4.78 is 39.6. The van der Waals surface area contributed by atoms with Crippen molar-refractivity contribution in [1.29, 1.82) is 0 Å². The molecule has 0 rings (SSSR count). The number of halogens is 4. The van der Waals surface area contributed by atoms with Gasteiger partial charge in [-0.2, -0.15) is 13.2 Å². The number of amides is 1. The van der Waals surface area contributed by atoms with Crippen LogP contribution in [0.15, 0.2) is 0 Å². The van der Waals surface area contributed by atoms with Crippen LogP contribution in [0, 0.1) is 0 Å². The summed E-state index contributed by atoms with van der Waals surface area (Å²) in [5.41, 5.74) is -0.525. The van der Waals surface area contributed by atoms with Crippen LogP contribution in [-0.4, -0.2) is 48.7 Å². The molecule has 0 spiro atoms. The summed E-state index contributed by atoms with van der Waals surface area (Å²) in [4.78, 5) is 13.0. The van der Waals surface area contributed by atoms with E-state index in [1.165, 1.54) is 4.90 Å². The predicted molar refractivity (Wildman–Crippen MR) is 59.1 cm³/mol. The van der Waals surface area contributed by atoms with Crippen LogP contribution in [0.5, 0.6) is 0 Å². The molecule has 3 nitrogen and oxygen atoms in total. The van der Waals surface area contributed by atoms with Crippen molar-refractivity contribution in [1.82, 2.24) is 4.90 Å². The Morgan fingerprint density at radius 3 is 2.29 bits per heavy atom. The molecule has 0 saturated carbocycles. The normalized spacial score (nSPS) is 12.6. The molecule has 0 fully saturated rings.